The molecular weight excluding hydrogens is 260 g/mol. The molecular formula is C14H22N2O2S. The zero-order valence-electron chi connectivity index (χ0n) is 11.7. The predicted molar refractivity (Wildman–Crippen MR) is 77.4 cm³/mol. The molecule has 3 N–H and O–H groups in total. The second kappa shape index (κ2) is 5.13. The van der Waals surface area contributed by atoms with E-state index >= 15 is 0 Å². The van der Waals surface area contributed by atoms with Gasteiger partial charge in [0.1, 0.15) is 0 Å². The van der Waals surface area contributed by atoms with Gasteiger partial charge in [-0.1, -0.05) is 6.92 Å². The van der Waals surface area contributed by atoms with Crippen molar-refractivity contribution in [1.82, 2.24) is 4.72 Å². The quantitative estimate of drug-likeness (QED) is 0.813. The van der Waals surface area contributed by atoms with Gasteiger partial charge in [-0.2, -0.15) is 0 Å². The van der Waals surface area contributed by atoms with Crippen molar-refractivity contribution in [3.05, 3.63) is 23.3 Å². The Balaban J connectivity index is 2.19. The molecule has 0 saturated heterocycles. The van der Waals surface area contributed by atoms with Crippen LogP contribution in [-0.2, 0) is 10.0 Å². The van der Waals surface area contributed by atoms with Crippen LogP contribution in [-0.4, -0.2) is 15.0 Å². The Morgan fingerprint density at radius 1 is 1.37 bits per heavy atom. The minimum atomic E-state index is -3.47. The van der Waals surface area contributed by atoms with Crippen LogP contribution in [0.5, 0.6) is 0 Å². The molecule has 1 unspecified atom stereocenters. The van der Waals surface area contributed by atoms with Gasteiger partial charge in [0, 0.05) is 12.2 Å². The molecule has 1 aliphatic carbocycles. The van der Waals surface area contributed by atoms with Gasteiger partial charge in [0.05, 0.1) is 4.90 Å². The lowest BCUT2D eigenvalue weighted by molar-refractivity contribution is 0.491. The highest BCUT2D eigenvalue weighted by atomic mass is 32.2. The topological polar surface area (TPSA) is 72.2 Å². The van der Waals surface area contributed by atoms with E-state index in [1.54, 1.807) is 6.07 Å². The second-order valence-electron chi connectivity index (χ2n) is 5.63. The second-order valence-corrected chi connectivity index (χ2v) is 7.36. The number of anilines is 1. The molecule has 0 bridgehead atoms. The average molecular weight is 282 g/mol. The van der Waals surface area contributed by atoms with Gasteiger partial charge < -0.3 is 5.73 Å². The van der Waals surface area contributed by atoms with Gasteiger partial charge in [0.15, 0.2) is 0 Å². The fourth-order valence-electron chi connectivity index (χ4n) is 2.28. The fraction of sp³-hybridized carbons (Fsp3) is 0.571. The lowest BCUT2D eigenvalue weighted by atomic mass is 10.1. The largest absolute Gasteiger partial charge is 0.399 e. The van der Waals surface area contributed by atoms with E-state index in [0.29, 0.717) is 29.0 Å². The maximum absolute atomic E-state index is 12.3. The highest BCUT2D eigenvalue weighted by Gasteiger charge is 2.29. The third kappa shape index (κ3) is 3.28. The number of benzene rings is 1. The number of hydrogen-bond acceptors (Lipinski definition) is 3. The monoisotopic (exact) mass is 282 g/mol. The van der Waals surface area contributed by atoms with Gasteiger partial charge >= 0.3 is 0 Å². The van der Waals surface area contributed by atoms with E-state index in [1.165, 1.54) is 18.9 Å². The fourth-order valence-corrected chi connectivity index (χ4v) is 3.78. The van der Waals surface area contributed by atoms with Crippen molar-refractivity contribution < 1.29 is 8.42 Å². The number of sulfonamides is 1. The molecule has 5 heteroatoms. The molecule has 1 aromatic rings. The molecule has 1 aliphatic rings. The van der Waals surface area contributed by atoms with Gasteiger partial charge in [0.25, 0.3) is 0 Å². The SMILES string of the molecule is Cc1cc(N)cc(S(=O)(=O)NCC(C)C2CC2)c1C. The minimum absolute atomic E-state index is 0.299. The van der Waals surface area contributed by atoms with Crippen molar-refractivity contribution in [2.45, 2.75) is 38.5 Å². The Hall–Kier alpha value is -1.07. The molecule has 0 aromatic heterocycles. The molecule has 19 heavy (non-hydrogen) atoms. The number of rotatable bonds is 5. The molecule has 106 valence electrons. The highest BCUT2D eigenvalue weighted by Crippen LogP contribution is 2.36. The van der Waals surface area contributed by atoms with Gasteiger partial charge in [0.2, 0.25) is 10.0 Å². The highest BCUT2D eigenvalue weighted by molar-refractivity contribution is 7.89. The molecule has 1 atom stereocenters. The van der Waals surface area contributed by atoms with E-state index in [0.717, 1.165) is 11.1 Å². The molecule has 1 fully saturated rings. The molecule has 1 saturated carbocycles. The predicted octanol–water partition coefficient (Wildman–Crippen LogP) is 2.21. The van der Waals surface area contributed by atoms with E-state index in [4.69, 9.17) is 5.73 Å². The smallest absolute Gasteiger partial charge is 0.240 e. The molecule has 2 rings (SSSR count). The summed E-state index contributed by atoms with van der Waals surface area (Å²) in [5, 5.41) is 0. The van der Waals surface area contributed by atoms with Gasteiger partial charge in [-0.3, -0.25) is 0 Å². The molecule has 0 spiro atoms. The molecule has 0 amide bonds. The Kier molecular flexibility index (Phi) is 3.87. The summed E-state index contributed by atoms with van der Waals surface area (Å²) in [6.45, 7) is 6.28. The molecule has 4 nitrogen and oxygen atoms in total. The first kappa shape index (κ1) is 14.3. The van der Waals surface area contributed by atoms with Crippen LogP contribution in [0.15, 0.2) is 17.0 Å². The first-order chi connectivity index (χ1) is 8.81. The van der Waals surface area contributed by atoms with Gasteiger partial charge in [-0.15, -0.1) is 0 Å². The summed E-state index contributed by atoms with van der Waals surface area (Å²) in [4.78, 5) is 0.299. The summed E-state index contributed by atoms with van der Waals surface area (Å²) in [5.41, 5.74) is 7.90. The van der Waals surface area contributed by atoms with E-state index in [2.05, 4.69) is 11.6 Å². The van der Waals surface area contributed by atoms with Crippen LogP contribution in [0.4, 0.5) is 5.69 Å². The van der Waals surface area contributed by atoms with Crippen LogP contribution in [0.2, 0.25) is 0 Å². The lowest BCUT2D eigenvalue weighted by Gasteiger charge is -2.15. The summed E-state index contributed by atoms with van der Waals surface area (Å²) >= 11 is 0. The number of nitrogens with one attached hydrogen (secondary N) is 1. The number of nitrogens with two attached hydrogens (primary N) is 1. The van der Waals surface area contributed by atoms with Crippen molar-refractivity contribution in [1.29, 1.82) is 0 Å². The van der Waals surface area contributed by atoms with Crippen LogP contribution in [0.3, 0.4) is 0 Å². The molecule has 1 aromatic carbocycles. The Labute approximate surface area is 115 Å². The summed E-state index contributed by atoms with van der Waals surface area (Å²) in [6, 6.07) is 3.33. The Morgan fingerprint density at radius 3 is 2.58 bits per heavy atom. The van der Waals surface area contributed by atoms with Crippen LogP contribution >= 0.6 is 0 Å². The maximum atomic E-state index is 12.3. The zero-order chi connectivity index (χ0) is 14.2. The number of aryl methyl sites for hydroxylation is 1. The summed E-state index contributed by atoms with van der Waals surface area (Å²) in [7, 11) is -3.47. The third-order valence-electron chi connectivity index (χ3n) is 3.95. The van der Waals surface area contributed by atoms with Crippen LogP contribution in [0, 0.1) is 25.7 Å². The first-order valence-electron chi connectivity index (χ1n) is 6.67. The van der Waals surface area contributed by atoms with Gasteiger partial charge in [-0.05, 0) is 61.8 Å². The standard InChI is InChI=1S/C14H22N2O2S/c1-9-6-13(15)7-14(11(9)3)19(17,18)16-8-10(2)12-4-5-12/h6-7,10,12,16H,4-5,8,15H2,1-3H3. The van der Waals surface area contributed by atoms with E-state index in [9.17, 15) is 8.42 Å². The molecule has 0 radical (unpaired) electrons. The maximum Gasteiger partial charge on any atom is 0.240 e. The normalized spacial score (nSPS) is 17.4. The molecule has 0 heterocycles. The lowest BCUT2D eigenvalue weighted by Crippen LogP contribution is -2.29. The first-order valence-corrected chi connectivity index (χ1v) is 8.16. The van der Waals surface area contributed by atoms with Crippen molar-refractivity contribution in [2.24, 2.45) is 11.8 Å². The van der Waals surface area contributed by atoms with Gasteiger partial charge in [-0.25, -0.2) is 13.1 Å². The summed E-state index contributed by atoms with van der Waals surface area (Å²) in [5.74, 6) is 1.09. The zero-order valence-corrected chi connectivity index (χ0v) is 12.5. The number of hydrogen-bond donors (Lipinski definition) is 2. The van der Waals surface area contributed by atoms with Crippen molar-refractivity contribution >= 4 is 15.7 Å². The Morgan fingerprint density at radius 2 is 2.00 bits per heavy atom. The summed E-state index contributed by atoms with van der Waals surface area (Å²) in [6.07, 6.45) is 2.44. The minimum Gasteiger partial charge on any atom is -0.399 e. The van der Waals surface area contributed by atoms with E-state index in [-0.39, 0.29) is 0 Å². The molecule has 0 aliphatic heterocycles. The average Bonchev–Trinajstić information content (AvgIpc) is 3.14. The van der Waals surface area contributed by atoms with Crippen LogP contribution < -0.4 is 10.5 Å². The van der Waals surface area contributed by atoms with Crippen LogP contribution in [0.1, 0.15) is 30.9 Å². The van der Waals surface area contributed by atoms with Crippen molar-refractivity contribution in [3.63, 3.8) is 0 Å². The van der Waals surface area contributed by atoms with Crippen molar-refractivity contribution in [2.75, 3.05) is 12.3 Å². The van der Waals surface area contributed by atoms with Crippen molar-refractivity contribution in [3.8, 4) is 0 Å². The number of nitrogen functional groups attached to an aromatic ring is 1. The van der Waals surface area contributed by atoms with E-state index in [1.807, 2.05) is 13.8 Å². The van der Waals surface area contributed by atoms with E-state index < -0.39 is 10.0 Å². The Bertz CT molecular complexity index is 577. The third-order valence-corrected chi connectivity index (χ3v) is 5.50. The van der Waals surface area contributed by atoms with Crippen LogP contribution in [0.25, 0.3) is 0 Å². The summed E-state index contributed by atoms with van der Waals surface area (Å²) < 4.78 is 27.4.